The maximum atomic E-state index is 12.8. The van der Waals surface area contributed by atoms with Gasteiger partial charge in [-0.15, -0.1) is 4.83 Å². The molecular weight excluding hydrogens is 460 g/mol. The number of nitrogens with zero attached hydrogens (tertiary/aromatic N) is 1. The van der Waals surface area contributed by atoms with E-state index in [1.165, 1.54) is 23.9 Å². The Bertz CT molecular complexity index is 1470. The molecule has 1 heterocycles. The summed E-state index contributed by atoms with van der Waals surface area (Å²) in [5, 5.41) is 0. The lowest BCUT2D eigenvalue weighted by Gasteiger charge is -2.26. The number of H-pyrrole nitrogens is 1. The monoisotopic (exact) mass is 486 g/mol. The van der Waals surface area contributed by atoms with E-state index in [4.69, 9.17) is 4.74 Å². The molecule has 34 heavy (non-hydrogen) atoms. The van der Waals surface area contributed by atoms with E-state index in [-0.39, 0.29) is 5.56 Å². The molecule has 0 aliphatic carbocycles. The van der Waals surface area contributed by atoms with Crippen molar-refractivity contribution in [3.63, 3.8) is 0 Å². The third-order valence-electron chi connectivity index (χ3n) is 5.00. The molecule has 1 amide bonds. The predicted octanol–water partition coefficient (Wildman–Crippen LogP) is 1.69. The second-order valence-corrected chi connectivity index (χ2v) is 10.4. The summed E-state index contributed by atoms with van der Waals surface area (Å²) in [4.78, 5) is 41.1. The van der Waals surface area contributed by atoms with Gasteiger partial charge in [0, 0.05) is 29.0 Å². The van der Waals surface area contributed by atoms with Crippen LogP contribution < -0.4 is 26.2 Å². The lowest BCUT2D eigenvalue weighted by Crippen LogP contribution is -2.41. The zero-order chi connectivity index (χ0) is 25.3. The van der Waals surface area contributed by atoms with Crippen LogP contribution in [0.2, 0.25) is 0 Å². The van der Waals surface area contributed by atoms with E-state index in [1.54, 1.807) is 36.4 Å². The van der Waals surface area contributed by atoms with Crippen molar-refractivity contribution in [2.24, 2.45) is 0 Å². The molecule has 0 saturated heterocycles. The van der Waals surface area contributed by atoms with Gasteiger partial charge in [0.15, 0.2) is 0 Å². The van der Waals surface area contributed by atoms with Crippen LogP contribution in [0.4, 0.5) is 0 Å². The molecule has 2 aromatic carbocycles. The Morgan fingerprint density at radius 1 is 1.06 bits per heavy atom. The molecule has 0 spiro atoms. The number of methoxy groups -OCH3 is 1. The number of hydrazine groups is 1. The first-order valence-corrected chi connectivity index (χ1v) is 12.1. The van der Waals surface area contributed by atoms with E-state index in [1.807, 2.05) is 25.6 Å². The van der Waals surface area contributed by atoms with Gasteiger partial charge < -0.3 is 4.74 Å². The third-order valence-corrected chi connectivity index (χ3v) is 5.47. The molecule has 11 heteroatoms. The van der Waals surface area contributed by atoms with Crippen LogP contribution in [-0.2, 0) is 15.4 Å². The molecule has 0 aliphatic rings. The number of amides is 1. The minimum atomic E-state index is -3.67. The lowest BCUT2D eigenvalue weighted by molar-refractivity contribution is 0.0946. The van der Waals surface area contributed by atoms with Gasteiger partial charge in [-0.1, -0.05) is 39.0 Å². The molecule has 0 bridgehead atoms. The van der Waals surface area contributed by atoms with Gasteiger partial charge in [-0.3, -0.25) is 24.6 Å². The van der Waals surface area contributed by atoms with Crippen LogP contribution in [0.1, 0.15) is 36.7 Å². The second-order valence-electron chi connectivity index (χ2n) is 8.68. The minimum Gasteiger partial charge on any atom is -0.496 e. The van der Waals surface area contributed by atoms with E-state index in [9.17, 15) is 22.8 Å². The summed E-state index contributed by atoms with van der Waals surface area (Å²) in [6.45, 7) is 5.92. The number of nitrogens with one attached hydrogen (secondary N) is 3. The molecule has 0 saturated carbocycles. The molecule has 0 unspecified atom stereocenters. The Morgan fingerprint density at radius 2 is 1.74 bits per heavy atom. The van der Waals surface area contributed by atoms with Crippen molar-refractivity contribution in [2.75, 3.05) is 13.4 Å². The van der Waals surface area contributed by atoms with Crippen molar-refractivity contribution in [3.8, 4) is 22.6 Å². The van der Waals surface area contributed by atoms with Crippen LogP contribution in [0.15, 0.2) is 58.3 Å². The molecule has 10 nitrogen and oxygen atoms in total. The Balaban J connectivity index is 2.31. The van der Waals surface area contributed by atoms with Crippen LogP contribution in [0, 0.1) is 0 Å². The van der Waals surface area contributed by atoms with Gasteiger partial charge >= 0.3 is 5.69 Å². The van der Waals surface area contributed by atoms with Crippen molar-refractivity contribution in [1.29, 1.82) is 0 Å². The predicted molar refractivity (Wildman–Crippen MR) is 129 cm³/mol. The number of carbonyl (C=O) groups is 1. The summed E-state index contributed by atoms with van der Waals surface area (Å²) in [5.41, 5.74) is 2.97. The highest BCUT2D eigenvalue weighted by Crippen LogP contribution is 2.42. The number of ether oxygens (including phenoxy) is 1. The van der Waals surface area contributed by atoms with Crippen molar-refractivity contribution in [3.05, 3.63) is 80.6 Å². The molecule has 3 rings (SSSR count). The Kier molecular flexibility index (Phi) is 6.80. The first-order valence-electron chi connectivity index (χ1n) is 10.2. The van der Waals surface area contributed by atoms with E-state index < -0.39 is 32.6 Å². The first-order chi connectivity index (χ1) is 15.8. The number of benzene rings is 2. The molecule has 0 atom stereocenters. The fraction of sp³-hybridized carbons (Fsp3) is 0.261. The quantitative estimate of drug-likeness (QED) is 0.453. The topological polar surface area (TPSA) is 139 Å². The zero-order valence-corrected chi connectivity index (χ0v) is 20.2. The molecule has 180 valence electrons. The average Bonchev–Trinajstić information content (AvgIpc) is 2.75. The van der Waals surface area contributed by atoms with Crippen LogP contribution in [0.25, 0.3) is 16.8 Å². The standard InChI is InChI=1S/C23H26N4O6S/c1-23(2,3)18-13-14(27-11-10-19(28)24-22(27)30)12-17(20(18)33-4)15-8-6-7-9-16(15)21(29)25-26-34(5,31)32/h6-13,26H,1-5H3,(H,25,29)(H,24,28,30). The van der Waals surface area contributed by atoms with Crippen molar-refractivity contribution in [2.45, 2.75) is 26.2 Å². The van der Waals surface area contributed by atoms with Gasteiger partial charge in [-0.05, 0) is 29.2 Å². The van der Waals surface area contributed by atoms with Gasteiger partial charge in [-0.2, -0.15) is 0 Å². The molecule has 0 radical (unpaired) electrons. The molecule has 1 aromatic heterocycles. The first kappa shape index (κ1) is 24.9. The van der Waals surface area contributed by atoms with E-state index >= 15 is 0 Å². The number of hydrogen-bond donors (Lipinski definition) is 3. The second kappa shape index (κ2) is 9.27. The number of carbonyl (C=O) groups excluding carboxylic acids is 1. The normalized spacial score (nSPS) is 11.8. The fourth-order valence-corrected chi connectivity index (χ4v) is 3.75. The lowest BCUT2D eigenvalue weighted by atomic mass is 9.83. The maximum absolute atomic E-state index is 12.8. The van der Waals surface area contributed by atoms with Crippen LogP contribution in [0.5, 0.6) is 5.75 Å². The molecule has 3 N–H and O–H groups in total. The van der Waals surface area contributed by atoms with Gasteiger partial charge in [0.05, 0.1) is 19.1 Å². The van der Waals surface area contributed by atoms with Crippen molar-refractivity contribution >= 4 is 15.9 Å². The Morgan fingerprint density at radius 3 is 2.32 bits per heavy atom. The maximum Gasteiger partial charge on any atom is 0.332 e. The molecule has 0 aliphatic heterocycles. The smallest absolute Gasteiger partial charge is 0.332 e. The van der Waals surface area contributed by atoms with Gasteiger partial charge in [-0.25, -0.2) is 13.2 Å². The number of aromatic nitrogens is 2. The molecular formula is C23H26N4O6S. The van der Waals surface area contributed by atoms with Gasteiger partial charge in [0.2, 0.25) is 10.0 Å². The van der Waals surface area contributed by atoms with Gasteiger partial charge in [0.25, 0.3) is 11.5 Å². The van der Waals surface area contributed by atoms with Crippen LogP contribution in [0.3, 0.4) is 0 Å². The van der Waals surface area contributed by atoms with Crippen LogP contribution in [-0.4, -0.2) is 37.2 Å². The highest BCUT2D eigenvalue weighted by molar-refractivity contribution is 7.88. The summed E-state index contributed by atoms with van der Waals surface area (Å²) in [5.74, 6) is -0.183. The number of sulfonamides is 1. The highest BCUT2D eigenvalue weighted by atomic mass is 32.2. The zero-order valence-electron chi connectivity index (χ0n) is 19.4. The summed E-state index contributed by atoms with van der Waals surface area (Å²) in [7, 11) is -2.16. The molecule has 0 fully saturated rings. The minimum absolute atomic E-state index is 0.183. The van der Waals surface area contributed by atoms with E-state index in [0.717, 1.165) is 11.8 Å². The Labute approximate surface area is 196 Å². The summed E-state index contributed by atoms with van der Waals surface area (Å²) >= 11 is 0. The number of aromatic amines is 1. The SMILES string of the molecule is COc1c(-c2ccccc2C(=O)NNS(C)(=O)=O)cc(-n2ccc(=O)[nH]c2=O)cc1C(C)(C)C. The van der Waals surface area contributed by atoms with Crippen LogP contribution >= 0.6 is 0 Å². The van der Waals surface area contributed by atoms with Crippen molar-refractivity contribution < 1.29 is 17.9 Å². The largest absolute Gasteiger partial charge is 0.496 e. The summed E-state index contributed by atoms with van der Waals surface area (Å²) in [6.07, 6.45) is 2.29. The van der Waals surface area contributed by atoms with E-state index in [0.29, 0.717) is 22.6 Å². The average molecular weight is 487 g/mol. The van der Waals surface area contributed by atoms with Gasteiger partial charge in [0.1, 0.15) is 5.75 Å². The van der Waals surface area contributed by atoms with Crippen molar-refractivity contribution in [1.82, 2.24) is 19.8 Å². The number of hydrogen-bond acceptors (Lipinski definition) is 6. The summed E-state index contributed by atoms with van der Waals surface area (Å²) in [6, 6.07) is 11.3. The third kappa shape index (κ3) is 5.43. The summed E-state index contributed by atoms with van der Waals surface area (Å²) < 4.78 is 29.9. The highest BCUT2D eigenvalue weighted by Gasteiger charge is 2.26. The van der Waals surface area contributed by atoms with E-state index in [2.05, 4.69) is 10.4 Å². The Hall–Kier alpha value is -3.70. The fourth-order valence-electron chi connectivity index (χ4n) is 3.47. The number of rotatable bonds is 6. The molecule has 3 aromatic rings.